The van der Waals surface area contributed by atoms with E-state index in [9.17, 15) is 28.4 Å². The molecule has 1 heterocycles. The van der Waals surface area contributed by atoms with E-state index in [1.165, 1.54) is 30.3 Å². The predicted octanol–water partition coefficient (Wildman–Crippen LogP) is 1.85. The number of esters is 1. The van der Waals surface area contributed by atoms with E-state index in [0.717, 1.165) is 11.6 Å². The van der Waals surface area contributed by atoms with E-state index in [1.807, 2.05) is 18.2 Å². The molecule has 0 saturated heterocycles. The van der Waals surface area contributed by atoms with Crippen LogP contribution < -0.4 is 27.2 Å². The van der Waals surface area contributed by atoms with Gasteiger partial charge in [0.1, 0.15) is 36.3 Å². The van der Waals surface area contributed by atoms with Gasteiger partial charge in [0.2, 0.25) is 23.6 Å². The van der Waals surface area contributed by atoms with Crippen molar-refractivity contribution in [1.82, 2.24) is 21.4 Å². The Labute approximate surface area is 266 Å². The number of benzene rings is 2. The summed E-state index contributed by atoms with van der Waals surface area (Å²) in [5.74, 6) is -3.38. The Morgan fingerprint density at radius 3 is 2.28 bits per heavy atom. The summed E-state index contributed by atoms with van der Waals surface area (Å²) < 4.78 is 18.8. The Morgan fingerprint density at radius 1 is 0.978 bits per heavy atom. The number of allylic oxidation sites excluding steroid dienone is 1. The summed E-state index contributed by atoms with van der Waals surface area (Å²) in [6, 6.07) is 10.7. The number of amides is 4. The molecule has 1 unspecified atom stereocenters. The molecule has 1 aliphatic heterocycles. The highest BCUT2D eigenvalue weighted by atomic mass is 19.1. The van der Waals surface area contributed by atoms with E-state index in [1.54, 1.807) is 39.0 Å². The molecule has 0 aliphatic carbocycles. The minimum atomic E-state index is -1.18. The van der Waals surface area contributed by atoms with Gasteiger partial charge < -0.3 is 31.3 Å². The number of hydroxylamine groups is 1. The van der Waals surface area contributed by atoms with Gasteiger partial charge in [-0.2, -0.15) is 0 Å². The second-order valence-corrected chi connectivity index (χ2v) is 11.2. The van der Waals surface area contributed by atoms with E-state index < -0.39 is 59.6 Å². The SMILES string of the molecule is CC1=CC(C(=O)N[C@@H](C(=O)N[C@@H](Cc2ccc(F)cc2)C(=O)N[C@H](/C=C/C(=O)OCc2ccccc2)CCC(N)=O)C(C)C)NO1. The monoisotopic (exact) mass is 637 g/mol. The van der Waals surface area contributed by atoms with Gasteiger partial charge >= 0.3 is 5.97 Å². The topological polar surface area (TPSA) is 178 Å². The van der Waals surface area contributed by atoms with Gasteiger partial charge in [0.15, 0.2) is 0 Å². The average Bonchev–Trinajstić information content (AvgIpc) is 3.47. The van der Waals surface area contributed by atoms with Crippen LogP contribution in [0.4, 0.5) is 4.39 Å². The number of halogens is 1. The molecule has 0 saturated carbocycles. The molecular formula is C33H40FN5O7. The molecule has 13 heteroatoms. The van der Waals surface area contributed by atoms with E-state index in [2.05, 4.69) is 21.4 Å². The van der Waals surface area contributed by atoms with Gasteiger partial charge in [-0.3, -0.25) is 19.2 Å². The molecule has 46 heavy (non-hydrogen) atoms. The maximum Gasteiger partial charge on any atom is 0.330 e. The second kappa shape index (κ2) is 17.4. The molecule has 246 valence electrons. The van der Waals surface area contributed by atoms with Crippen LogP contribution in [0.2, 0.25) is 0 Å². The number of hydrogen-bond donors (Lipinski definition) is 5. The number of carbonyl (C=O) groups is 5. The molecular weight excluding hydrogens is 597 g/mol. The molecule has 0 aromatic heterocycles. The first-order valence-electron chi connectivity index (χ1n) is 14.8. The number of nitrogens with one attached hydrogen (secondary N) is 4. The predicted molar refractivity (Wildman–Crippen MR) is 166 cm³/mol. The number of ether oxygens (including phenoxy) is 1. The van der Waals surface area contributed by atoms with Crippen molar-refractivity contribution in [3.05, 3.63) is 95.5 Å². The third kappa shape index (κ3) is 11.8. The van der Waals surface area contributed by atoms with Crippen LogP contribution in [0.3, 0.4) is 0 Å². The normalized spacial score (nSPS) is 16.1. The largest absolute Gasteiger partial charge is 0.458 e. The summed E-state index contributed by atoms with van der Waals surface area (Å²) in [5, 5.41) is 8.14. The smallest absolute Gasteiger partial charge is 0.330 e. The van der Waals surface area contributed by atoms with E-state index in [0.29, 0.717) is 11.3 Å². The van der Waals surface area contributed by atoms with Crippen LogP contribution in [0.15, 0.2) is 78.6 Å². The second-order valence-electron chi connectivity index (χ2n) is 11.2. The van der Waals surface area contributed by atoms with Crippen LogP contribution in [0.5, 0.6) is 0 Å². The van der Waals surface area contributed by atoms with Gasteiger partial charge in [-0.15, -0.1) is 5.48 Å². The van der Waals surface area contributed by atoms with Crippen molar-refractivity contribution in [1.29, 1.82) is 0 Å². The molecule has 12 nitrogen and oxygen atoms in total. The van der Waals surface area contributed by atoms with Crippen molar-refractivity contribution in [2.24, 2.45) is 11.7 Å². The quantitative estimate of drug-likeness (QED) is 0.137. The van der Waals surface area contributed by atoms with E-state index in [-0.39, 0.29) is 31.8 Å². The zero-order valence-corrected chi connectivity index (χ0v) is 26.0. The van der Waals surface area contributed by atoms with Crippen LogP contribution in [0, 0.1) is 11.7 Å². The van der Waals surface area contributed by atoms with Crippen molar-refractivity contribution < 1.29 is 37.9 Å². The first kappa shape index (κ1) is 35.4. The minimum absolute atomic E-state index is 0.0259. The lowest BCUT2D eigenvalue weighted by Crippen LogP contribution is -2.58. The number of primary amides is 1. The van der Waals surface area contributed by atoms with Gasteiger partial charge in [0.25, 0.3) is 0 Å². The molecule has 2 aromatic rings. The zero-order chi connectivity index (χ0) is 33.6. The summed E-state index contributed by atoms with van der Waals surface area (Å²) in [4.78, 5) is 68.9. The maximum atomic E-state index is 13.6. The standard InChI is InChI=1S/C33H40FN5O7/c1-20(2)30(38-32(43)27-17-21(3)46-39-27)33(44)37-26(18-22-9-11-24(34)12-10-22)31(42)36-25(13-15-28(35)40)14-16-29(41)45-19-23-7-5-4-6-8-23/h4-12,14,16-17,20,25-27,30,39H,13,15,18-19H2,1-3H3,(H2,35,40)(H,36,42)(H,37,44)(H,38,43)/b16-14+/t25-,26-,27?,30+/m0/s1. The molecule has 4 atom stereocenters. The Bertz CT molecular complexity index is 1430. The molecule has 3 rings (SSSR count). The van der Waals surface area contributed by atoms with Crippen LogP contribution in [0.1, 0.15) is 44.7 Å². The minimum Gasteiger partial charge on any atom is -0.458 e. The summed E-state index contributed by atoms with van der Waals surface area (Å²) in [6.45, 7) is 5.19. The van der Waals surface area contributed by atoms with E-state index in [4.69, 9.17) is 15.3 Å². The number of rotatable bonds is 16. The summed E-state index contributed by atoms with van der Waals surface area (Å²) in [5.41, 5.74) is 9.23. The zero-order valence-electron chi connectivity index (χ0n) is 26.0. The lowest BCUT2D eigenvalue weighted by Gasteiger charge is -2.27. The molecule has 4 amide bonds. The van der Waals surface area contributed by atoms with Crippen LogP contribution in [0.25, 0.3) is 0 Å². The first-order chi connectivity index (χ1) is 21.9. The molecule has 6 N–H and O–H groups in total. The van der Waals surface area contributed by atoms with Crippen molar-refractivity contribution in [2.45, 2.75) is 70.8 Å². The average molecular weight is 638 g/mol. The number of carbonyl (C=O) groups excluding carboxylic acids is 5. The Hall–Kier alpha value is -5.04. The number of nitrogens with two attached hydrogens (primary N) is 1. The Kier molecular flexibility index (Phi) is 13.4. The Balaban J connectivity index is 1.76. The fraction of sp³-hybridized carbons (Fsp3) is 0.364. The van der Waals surface area contributed by atoms with Gasteiger partial charge in [-0.1, -0.05) is 62.4 Å². The molecule has 0 radical (unpaired) electrons. The van der Waals surface area contributed by atoms with Crippen molar-refractivity contribution in [2.75, 3.05) is 0 Å². The summed E-state index contributed by atoms with van der Waals surface area (Å²) in [7, 11) is 0. The highest BCUT2D eigenvalue weighted by Crippen LogP contribution is 2.11. The summed E-state index contributed by atoms with van der Waals surface area (Å²) >= 11 is 0. The lowest BCUT2D eigenvalue weighted by molar-refractivity contribution is -0.139. The molecule has 0 spiro atoms. The van der Waals surface area contributed by atoms with Crippen molar-refractivity contribution in [3.63, 3.8) is 0 Å². The van der Waals surface area contributed by atoms with Gasteiger partial charge in [0.05, 0.1) is 0 Å². The van der Waals surface area contributed by atoms with Gasteiger partial charge in [0, 0.05) is 25.0 Å². The van der Waals surface area contributed by atoms with E-state index >= 15 is 0 Å². The molecule has 0 fully saturated rings. The molecule has 2 aromatic carbocycles. The lowest BCUT2D eigenvalue weighted by atomic mass is 10.00. The third-order valence-corrected chi connectivity index (χ3v) is 6.98. The first-order valence-corrected chi connectivity index (χ1v) is 14.8. The van der Waals surface area contributed by atoms with Gasteiger partial charge in [-0.05, 0) is 48.6 Å². The fourth-order valence-corrected chi connectivity index (χ4v) is 4.46. The fourth-order valence-electron chi connectivity index (χ4n) is 4.46. The third-order valence-electron chi connectivity index (χ3n) is 6.98. The van der Waals surface area contributed by atoms with Crippen molar-refractivity contribution >= 4 is 29.6 Å². The van der Waals surface area contributed by atoms with Crippen LogP contribution in [-0.4, -0.2) is 53.8 Å². The highest BCUT2D eigenvalue weighted by Gasteiger charge is 2.32. The maximum absolute atomic E-state index is 13.6. The molecule has 0 bridgehead atoms. The van der Waals surface area contributed by atoms with Crippen LogP contribution >= 0.6 is 0 Å². The highest BCUT2D eigenvalue weighted by molar-refractivity contribution is 5.94. The summed E-state index contributed by atoms with van der Waals surface area (Å²) in [6.07, 6.45) is 4.03. The number of hydrogen-bond acceptors (Lipinski definition) is 8. The molecule has 1 aliphatic rings. The van der Waals surface area contributed by atoms with Crippen molar-refractivity contribution in [3.8, 4) is 0 Å². The van der Waals surface area contributed by atoms with Gasteiger partial charge in [-0.25, -0.2) is 9.18 Å². The van der Waals surface area contributed by atoms with Crippen LogP contribution in [-0.2, 0) is 46.6 Å². The Morgan fingerprint density at radius 2 is 1.67 bits per heavy atom.